The van der Waals surface area contributed by atoms with Crippen LogP contribution < -0.4 is 17.0 Å². The molecule has 0 radical (unpaired) electrons. The third-order valence-electron chi connectivity index (χ3n) is 1.79. The molecule has 82 valence electrons. The minimum Gasteiger partial charge on any atom is -0.398 e. The van der Waals surface area contributed by atoms with E-state index in [1.807, 2.05) is 5.43 Å². The maximum atomic E-state index is 12.7. The number of hydrogen-bond donors (Lipinski definition) is 3. The molecule has 0 aliphatic heterocycles. The van der Waals surface area contributed by atoms with Gasteiger partial charge in [0.1, 0.15) is 5.82 Å². The molecule has 1 amide bonds. The van der Waals surface area contributed by atoms with Crippen molar-refractivity contribution in [3.63, 3.8) is 0 Å². The Morgan fingerprint density at radius 2 is 2.27 bits per heavy atom. The number of thioether (sulfide) groups is 1. The Labute approximate surface area is 91.2 Å². The molecule has 15 heavy (non-hydrogen) atoms. The van der Waals surface area contributed by atoms with Crippen LogP contribution in [0.4, 0.5) is 10.1 Å². The number of halogens is 1. The number of nitrogens with one attached hydrogen (secondary N) is 1. The Morgan fingerprint density at radius 3 is 2.80 bits per heavy atom. The molecule has 0 heterocycles. The topological polar surface area (TPSA) is 81.1 Å². The van der Waals surface area contributed by atoms with Crippen LogP contribution in [0.25, 0.3) is 0 Å². The quantitative estimate of drug-likeness (QED) is 0.236. The van der Waals surface area contributed by atoms with Crippen molar-refractivity contribution in [3.05, 3.63) is 24.0 Å². The van der Waals surface area contributed by atoms with Crippen LogP contribution in [0.2, 0.25) is 0 Å². The van der Waals surface area contributed by atoms with E-state index in [0.717, 1.165) is 0 Å². The first kappa shape index (κ1) is 11.8. The lowest BCUT2D eigenvalue weighted by Gasteiger charge is -2.10. The average Bonchev–Trinajstić information content (AvgIpc) is 2.20. The van der Waals surface area contributed by atoms with E-state index in [9.17, 15) is 9.18 Å². The molecule has 1 atom stereocenters. The van der Waals surface area contributed by atoms with Crippen molar-refractivity contribution >= 4 is 23.4 Å². The number of hydrogen-bond acceptors (Lipinski definition) is 4. The zero-order valence-corrected chi connectivity index (χ0v) is 8.98. The highest BCUT2D eigenvalue weighted by Crippen LogP contribution is 2.29. The second-order valence-corrected chi connectivity index (χ2v) is 4.33. The first-order chi connectivity index (χ1) is 7.04. The predicted octanol–water partition coefficient (Wildman–Crippen LogP) is 0.878. The van der Waals surface area contributed by atoms with Gasteiger partial charge in [0.25, 0.3) is 0 Å². The van der Waals surface area contributed by atoms with Crippen LogP contribution in [0.3, 0.4) is 0 Å². The van der Waals surface area contributed by atoms with Crippen LogP contribution in [0.5, 0.6) is 0 Å². The van der Waals surface area contributed by atoms with E-state index in [2.05, 4.69) is 0 Å². The van der Waals surface area contributed by atoms with Gasteiger partial charge in [0.15, 0.2) is 0 Å². The average molecular weight is 229 g/mol. The van der Waals surface area contributed by atoms with Crippen LogP contribution in [-0.2, 0) is 4.79 Å². The van der Waals surface area contributed by atoms with Crippen LogP contribution in [0, 0.1) is 5.82 Å². The predicted molar refractivity (Wildman–Crippen MR) is 58.5 cm³/mol. The standard InChI is InChI=1S/C9H12FN3OS/c1-5(9(14)13-12)15-8-3-2-6(10)4-7(8)11/h2-5H,11-12H2,1H3,(H,13,14). The van der Waals surface area contributed by atoms with Crippen LogP contribution in [-0.4, -0.2) is 11.2 Å². The van der Waals surface area contributed by atoms with Gasteiger partial charge in [-0.2, -0.15) is 0 Å². The number of anilines is 1. The molecule has 0 aliphatic rings. The minimum absolute atomic E-state index is 0.302. The van der Waals surface area contributed by atoms with E-state index in [4.69, 9.17) is 11.6 Å². The Balaban J connectivity index is 2.76. The fraction of sp³-hybridized carbons (Fsp3) is 0.222. The Bertz CT molecular complexity index is 372. The summed E-state index contributed by atoms with van der Waals surface area (Å²) in [6.45, 7) is 1.69. The summed E-state index contributed by atoms with van der Waals surface area (Å²) in [5.74, 6) is 4.29. The molecule has 1 aromatic carbocycles. The third-order valence-corrected chi connectivity index (χ3v) is 2.98. The third kappa shape index (κ3) is 3.10. The molecule has 0 bridgehead atoms. The summed E-state index contributed by atoms with van der Waals surface area (Å²) in [6.07, 6.45) is 0. The SMILES string of the molecule is CC(Sc1ccc(F)cc1N)C(=O)NN. The van der Waals surface area contributed by atoms with Crippen molar-refractivity contribution in [1.29, 1.82) is 0 Å². The maximum absolute atomic E-state index is 12.7. The van der Waals surface area contributed by atoms with Crippen LogP contribution >= 0.6 is 11.8 Å². The highest BCUT2D eigenvalue weighted by atomic mass is 32.2. The van der Waals surface area contributed by atoms with Crippen LogP contribution in [0.15, 0.2) is 23.1 Å². The van der Waals surface area contributed by atoms with Gasteiger partial charge in [-0.25, -0.2) is 10.2 Å². The molecule has 0 fully saturated rings. The number of amides is 1. The van der Waals surface area contributed by atoms with E-state index in [1.165, 1.54) is 30.0 Å². The first-order valence-corrected chi connectivity index (χ1v) is 5.14. The fourth-order valence-electron chi connectivity index (χ4n) is 0.988. The van der Waals surface area contributed by atoms with Crippen molar-refractivity contribution in [2.45, 2.75) is 17.1 Å². The van der Waals surface area contributed by atoms with Crippen molar-refractivity contribution < 1.29 is 9.18 Å². The molecule has 0 spiro atoms. The van der Waals surface area contributed by atoms with Gasteiger partial charge in [0.2, 0.25) is 5.91 Å². The number of hydrazine groups is 1. The van der Waals surface area contributed by atoms with Crippen molar-refractivity contribution in [2.24, 2.45) is 5.84 Å². The monoisotopic (exact) mass is 229 g/mol. The Hall–Kier alpha value is -1.27. The normalized spacial score (nSPS) is 12.2. The number of rotatable bonds is 3. The summed E-state index contributed by atoms with van der Waals surface area (Å²) in [7, 11) is 0. The number of nitrogens with two attached hydrogens (primary N) is 2. The lowest BCUT2D eigenvalue weighted by molar-refractivity contribution is -0.120. The maximum Gasteiger partial charge on any atom is 0.247 e. The summed E-state index contributed by atoms with van der Waals surface area (Å²) in [6, 6.07) is 4.05. The zero-order valence-electron chi connectivity index (χ0n) is 8.16. The molecule has 1 unspecified atom stereocenters. The molecule has 1 aromatic rings. The summed E-state index contributed by atoms with van der Waals surface area (Å²) in [5.41, 5.74) is 7.95. The van der Waals surface area contributed by atoms with E-state index in [1.54, 1.807) is 6.92 Å². The van der Waals surface area contributed by atoms with Gasteiger partial charge in [0.05, 0.1) is 5.25 Å². The molecule has 0 saturated carbocycles. The van der Waals surface area contributed by atoms with Gasteiger partial charge in [-0.05, 0) is 25.1 Å². The van der Waals surface area contributed by atoms with Gasteiger partial charge in [0, 0.05) is 10.6 Å². The largest absolute Gasteiger partial charge is 0.398 e. The highest BCUT2D eigenvalue weighted by Gasteiger charge is 2.14. The Morgan fingerprint density at radius 1 is 1.60 bits per heavy atom. The Kier molecular flexibility index (Phi) is 3.93. The second-order valence-electron chi connectivity index (χ2n) is 2.95. The lowest BCUT2D eigenvalue weighted by atomic mass is 10.3. The molecule has 0 aromatic heterocycles. The van der Waals surface area contributed by atoms with Gasteiger partial charge in [-0.15, -0.1) is 11.8 Å². The highest BCUT2D eigenvalue weighted by molar-refractivity contribution is 8.00. The summed E-state index contributed by atoms with van der Waals surface area (Å²) >= 11 is 1.23. The smallest absolute Gasteiger partial charge is 0.247 e. The lowest BCUT2D eigenvalue weighted by Crippen LogP contribution is -2.36. The molecule has 5 N–H and O–H groups in total. The first-order valence-electron chi connectivity index (χ1n) is 4.26. The summed E-state index contributed by atoms with van der Waals surface area (Å²) in [5, 5.41) is -0.372. The van der Waals surface area contributed by atoms with Crippen molar-refractivity contribution in [1.82, 2.24) is 5.43 Å². The van der Waals surface area contributed by atoms with Gasteiger partial charge in [-0.3, -0.25) is 10.2 Å². The summed E-state index contributed by atoms with van der Waals surface area (Å²) < 4.78 is 12.7. The van der Waals surface area contributed by atoms with Gasteiger partial charge in [-0.1, -0.05) is 0 Å². The number of carbonyl (C=O) groups is 1. The summed E-state index contributed by atoms with van der Waals surface area (Å²) in [4.78, 5) is 11.8. The van der Waals surface area contributed by atoms with E-state index in [0.29, 0.717) is 10.6 Å². The number of nitrogen functional groups attached to an aromatic ring is 1. The van der Waals surface area contributed by atoms with E-state index >= 15 is 0 Å². The van der Waals surface area contributed by atoms with Crippen molar-refractivity contribution in [3.8, 4) is 0 Å². The number of benzene rings is 1. The molecular weight excluding hydrogens is 217 g/mol. The molecule has 0 saturated heterocycles. The molecule has 4 nitrogen and oxygen atoms in total. The molecular formula is C9H12FN3OS. The molecule has 0 aliphatic carbocycles. The minimum atomic E-state index is -0.396. The zero-order chi connectivity index (χ0) is 11.4. The molecule has 1 rings (SSSR count). The van der Waals surface area contributed by atoms with E-state index in [-0.39, 0.29) is 11.2 Å². The van der Waals surface area contributed by atoms with Crippen molar-refractivity contribution in [2.75, 3.05) is 5.73 Å². The van der Waals surface area contributed by atoms with Gasteiger partial charge >= 0.3 is 0 Å². The van der Waals surface area contributed by atoms with Gasteiger partial charge < -0.3 is 5.73 Å². The number of carbonyl (C=O) groups excluding carboxylic acids is 1. The fourth-order valence-corrected chi connectivity index (χ4v) is 1.89. The van der Waals surface area contributed by atoms with E-state index < -0.39 is 5.82 Å². The van der Waals surface area contributed by atoms with Crippen LogP contribution in [0.1, 0.15) is 6.92 Å². The molecule has 6 heteroatoms. The second kappa shape index (κ2) is 4.99.